The molecule has 0 saturated heterocycles. The van der Waals surface area contributed by atoms with E-state index in [0.717, 1.165) is 37.7 Å². The van der Waals surface area contributed by atoms with Gasteiger partial charge in [0, 0.05) is 23.3 Å². The first-order valence-electron chi connectivity index (χ1n) is 11.1. The molecule has 1 fully saturated rings. The van der Waals surface area contributed by atoms with E-state index in [-0.39, 0.29) is 23.1 Å². The number of nitrogens with one attached hydrogen (secondary N) is 1. The third kappa shape index (κ3) is 4.66. The molecule has 0 unspecified atom stereocenters. The molecule has 0 aromatic heterocycles. The Balaban J connectivity index is 1.87. The van der Waals surface area contributed by atoms with Gasteiger partial charge in [0.1, 0.15) is 11.6 Å². The van der Waals surface area contributed by atoms with Crippen LogP contribution in [-0.4, -0.2) is 23.5 Å². The van der Waals surface area contributed by atoms with Crippen molar-refractivity contribution in [2.75, 3.05) is 4.90 Å². The van der Waals surface area contributed by atoms with Crippen molar-refractivity contribution in [2.24, 2.45) is 0 Å². The van der Waals surface area contributed by atoms with E-state index in [4.69, 9.17) is 0 Å². The van der Waals surface area contributed by atoms with Crippen LogP contribution in [0.4, 0.5) is 5.69 Å². The van der Waals surface area contributed by atoms with Crippen LogP contribution >= 0.6 is 0 Å². The highest BCUT2D eigenvalue weighted by Crippen LogP contribution is 2.44. The molecule has 1 N–H and O–H groups in total. The predicted octanol–water partition coefficient (Wildman–Crippen LogP) is 5.54. The summed E-state index contributed by atoms with van der Waals surface area (Å²) >= 11 is 0. The molecule has 3 rings (SSSR count). The molecule has 4 heteroatoms. The summed E-state index contributed by atoms with van der Waals surface area (Å²) in [5.74, 6) is 0.195. The minimum absolute atomic E-state index is 0.107. The predicted molar refractivity (Wildman–Crippen MR) is 120 cm³/mol. The van der Waals surface area contributed by atoms with Crippen molar-refractivity contribution >= 4 is 17.7 Å². The summed E-state index contributed by atoms with van der Waals surface area (Å²) in [5.41, 5.74) is 3.80. The lowest BCUT2D eigenvalue weighted by atomic mass is 9.79. The van der Waals surface area contributed by atoms with Gasteiger partial charge >= 0.3 is 0 Å². The Morgan fingerprint density at radius 3 is 2.59 bits per heavy atom. The Bertz CT molecular complexity index is 825. The fraction of sp³-hybridized carbons (Fsp3) is 0.600. The number of hydrogen-bond acceptors (Lipinski definition) is 3. The monoisotopic (exact) mass is 393 g/mol. The number of nitriles is 1. The van der Waals surface area contributed by atoms with E-state index in [0.29, 0.717) is 12.0 Å². The topological polar surface area (TPSA) is 56.1 Å². The fourth-order valence-electron chi connectivity index (χ4n) is 5.36. The van der Waals surface area contributed by atoms with E-state index in [1.165, 1.54) is 17.7 Å². The number of nitrogens with zero attached hydrogens (tertiary/aromatic N) is 2. The molecule has 29 heavy (non-hydrogen) atoms. The number of hydrogen-bond donors (Lipinski definition) is 1. The van der Waals surface area contributed by atoms with E-state index in [1.807, 2.05) is 6.07 Å². The number of benzene rings is 1. The maximum Gasteiger partial charge on any atom is 0.262 e. The zero-order valence-electron chi connectivity index (χ0n) is 18.6. The van der Waals surface area contributed by atoms with Crippen molar-refractivity contribution in [1.29, 1.82) is 5.26 Å². The number of anilines is 1. The standard InChI is InChI=1S/C25H35N3O/c1-17(2)28-23-12-11-19(14-22(23)18(3)15-25(28,4)5)13-20(16-26)24(29)27-21-9-7-6-8-10-21/h11-14,17-18,21H,6-10,15H2,1-5H3,(H,27,29)/b20-13-/t18-/m1/s1. The quantitative estimate of drug-likeness (QED) is 0.539. The molecule has 0 radical (unpaired) electrons. The average molecular weight is 394 g/mol. The number of fused-ring (bicyclic) bond motifs is 1. The van der Waals surface area contributed by atoms with Crippen molar-refractivity contribution in [3.8, 4) is 6.07 Å². The van der Waals surface area contributed by atoms with E-state index in [9.17, 15) is 10.1 Å². The van der Waals surface area contributed by atoms with Crippen LogP contribution in [0.25, 0.3) is 6.08 Å². The Hall–Kier alpha value is -2.28. The Labute approximate surface area is 176 Å². The summed E-state index contributed by atoms with van der Waals surface area (Å²) in [6.07, 6.45) is 8.40. The molecule has 1 saturated carbocycles. The molecule has 4 nitrogen and oxygen atoms in total. The maximum absolute atomic E-state index is 12.6. The lowest BCUT2D eigenvalue weighted by Gasteiger charge is -2.50. The highest BCUT2D eigenvalue weighted by molar-refractivity contribution is 6.01. The molecule has 1 aliphatic heterocycles. The van der Waals surface area contributed by atoms with Gasteiger partial charge < -0.3 is 10.2 Å². The third-order valence-corrected chi connectivity index (χ3v) is 6.43. The highest BCUT2D eigenvalue weighted by Gasteiger charge is 2.37. The van der Waals surface area contributed by atoms with E-state index in [1.54, 1.807) is 6.08 Å². The first kappa shape index (κ1) is 21.4. The number of carbonyl (C=O) groups excluding carboxylic acids is 1. The molecular formula is C25H35N3O. The lowest BCUT2D eigenvalue weighted by molar-refractivity contribution is -0.117. The first-order chi connectivity index (χ1) is 13.7. The molecule has 2 aliphatic rings. The smallest absolute Gasteiger partial charge is 0.262 e. The second-order valence-electron chi connectivity index (χ2n) is 9.68. The molecule has 1 aromatic rings. The Kier molecular flexibility index (Phi) is 6.36. The van der Waals surface area contributed by atoms with Gasteiger partial charge in [-0.05, 0) is 82.2 Å². The van der Waals surface area contributed by atoms with Gasteiger partial charge in [0.25, 0.3) is 5.91 Å². The molecule has 1 aliphatic carbocycles. The summed E-state index contributed by atoms with van der Waals surface area (Å²) in [4.78, 5) is 15.1. The second-order valence-corrected chi connectivity index (χ2v) is 9.68. The molecule has 0 spiro atoms. The molecule has 156 valence electrons. The van der Waals surface area contributed by atoms with Gasteiger partial charge in [0.15, 0.2) is 0 Å². The van der Waals surface area contributed by atoms with Gasteiger partial charge in [-0.2, -0.15) is 5.26 Å². The van der Waals surface area contributed by atoms with Crippen LogP contribution in [0.5, 0.6) is 0 Å². The van der Waals surface area contributed by atoms with Crippen molar-refractivity contribution in [3.63, 3.8) is 0 Å². The number of carbonyl (C=O) groups is 1. The average Bonchev–Trinajstić information content (AvgIpc) is 2.66. The summed E-state index contributed by atoms with van der Waals surface area (Å²) in [6, 6.07) is 9.08. The van der Waals surface area contributed by atoms with Crippen molar-refractivity contribution in [1.82, 2.24) is 5.32 Å². The van der Waals surface area contributed by atoms with Gasteiger partial charge in [-0.1, -0.05) is 32.3 Å². The van der Waals surface area contributed by atoms with E-state index < -0.39 is 0 Å². The van der Waals surface area contributed by atoms with Crippen LogP contribution in [0.3, 0.4) is 0 Å². The van der Waals surface area contributed by atoms with Gasteiger partial charge in [-0.3, -0.25) is 4.79 Å². The summed E-state index contributed by atoms with van der Waals surface area (Å²) < 4.78 is 0. The summed E-state index contributed by atoms with van der Waals surface area (Å²) in [6.45, 7) is 11.4. The van der Waals surface area contributed by atoms with Crippen LogP contribution in [0.2, 0.25) is 0 Å². The zero-order chi connectivity index (χ0) is 21.2. The number of rotatable bonds is 4. The largest absolute Gasteiger partial charge is 0.364 e. The van der Waals surface area contributed by atoms with Gasteiger partial charge in [0.05, 0.1) is 0 Å². The Morgan fingerprint density at radius 1 is 1.28 bits per heavy atom. The minimum atomic E-state index is -0.241. The van der Waals surface area contributed by atoms with Gasteiger partial charge in [-0.15, -0.1) is 0 Å². The third-order valence-electron chi connectivity index (χ3n) is 6.43. The lowest BCUT2D eigenvalue weighted by Crippen LogP contribution is -2.51. The fourth-order valence-corrected chi connectivity index (χ4v) is 5.36. The second kappa shape index (κ2) is 8.61. The minimum Gasteiger partial charge on any atom is -0.364 e. The van der Waals surface area contributed by atoms with Crippen molar-refractivity contribution in [2.45, 2.75) is 96.7 Å². The first-order valence-corrected chi connectivity index (χ1v) is 11.1. The van der Waals surface area contributed by atoms with Crippen LogP contribution in [0.15, 0.2) is 23.8 Å². The maximum atomic E-state index is 12.6. The highest BCUT2D eigenvalue weighted by atomic mass is 16.1. The molecule has 1 aromatic carbocycles. The van der Waals surface area contributed by atoms with E-state index in [2.05, 4.69) is 63.0 Å². The van der Waals surface area contributed by atoms with Crippen molar-refractivity contribution in [3.05, 3.63) is 34.9 Å². The molecular weight excluding hydrogens is 358 g/mol. The van der Waals surface area contributed by atoms with E-state index >= 15 is 0 Å². The SMILES string of the molecule is CC(C)N1c2ccc(/C=C(/C#N)C(=O)NC3CCCCC3)cc2[C@H](C)CC1(C)C. The summed E-state index contributed by atoms with van der Waals surface area (Å²) in [5, 5.41) is 12.6. The van der Waals surface area contributed by atoms with Crippen molar-refractivity contribution < 1.29 is 4.79 Å². The molecule has 0 bridgehead atoms. The van der Waals surface area contributed by atoms with Gasteiger partial charge in [0.2, 0.25) is 0 Å². The van der Waals surface area contributed by atoms with Gasteiger partial charge in [-0.25, -0.2) is 0 Å². The van der Waals surface area contributed by atoms with Crippen LogP contribution in [0, 0.1) is 11.3 Å². The van der Waals surface area contributed by atoms with Crippen LogP contribution in [-0.2, 0) is 4.79 Å². The zero-order valence-corrected chi connectivity index (χ0v) is 18.6. The number of amides is 1. The molecule has 1 amide bonds. The Morgan fingerprint density at radius 2 is 1.97 bits per heavy atom. The van der Waals surface area contributed by atoms with Crippen LogP contribution in [0.1, 0.15) is 90.2 Å². The summed E-state index contributed by atoms with van der Waals surface area (Å²) in [7, 11) is 0. The molecule has 1 heterocycles. The van der Waals surface area contributed by atoms with Crippen LogP contribution < -0.4 is 10.2 Å². The molecule has 1 atom stereocenters. The normalized spacial score (nSPS) is 22.2.